The summed E-state index contributed by atoms with van der Waals surface area (Å²) in [6, 6.07) is 1.37. The second-order valence-electron chi connectivity index (χ2n) is 7.17. The van der Waals surface area contributed by atoms with Crippen molar-refractivity contribution in [3.8, 4) is 0 Å². The number of hydrogen-bond acceptors (Lipinski definition) is 9. The van der Waals surface area contributed by atoms with E-state index in [0.717, 1.165) is 23.8 Å². The molecule has 13 nitrogen and oxygen atoms in total. The van der Waals surface area contributed by atoms with Gasteiger partial charge in [0.15, 0.2) is 6.23 Å². The molecule has 4 N–H and O–H groups in total. The van der Waals surface area contributed by atoms with Crippen molar-refractivity contribution >= 4 is 32.6 Å². The number of hydrogen-bond donors (Lipinski definition) is 4. The van der Waals surface area contributed by atoms with Gasteiger partial charge in [-0.05, 0) is 18.9 Å². The molecule has 6 atom stereocenters. The largest absolute Gasteiger partial charge is 0.406 e. The molecule has 2 aliphatic rings. The first-order valence-electron chi connectivity index (χ1n) is 9.51. The maximum absolute atomic E-state index is 13.0. The first kappa shape index (κ1) is 24.8. The molecule has 1 aromatic heterocycles. The minimum atomic E-state index is -4.26. The molecule has 0 amide bonds. The molecule has 2 fully saturated rings. The van der Waals surface area contributed by atoms with Crippen molar-refractivity contribution in [1.29, 1.82) is 0 Å². The smallest absolute Gasteiger partial charge is 0.383 e. The molecule has 0 bridgehead atoms. The summed E-state index contributed by atoms with van der Waals surface area (Å²) in [6.07, 6.45) is -0.725. The van der Waals surface area contributed by atoms with E-state index in [4.69, 9.17) is 24.3 Å². The normalized spacial score (nSPS) is 31.2. The minimum Gasteiger partial charge on any atom is -0.383 e. The summed E-state index contributed by atoms with van der Waals surface area (Å²) < 4.78 is 48.6. The Morgan fingerprint density at radius 1 is 1.29 bits per heavy atom. The highest BCUT2D eigenvalue weighted by atomic mass is 32.7. The summed E-state index contributed by atoms with van der Waals surface area (Å²) in [5.41, 5.74) is 4.79. The monoisotopic (exact) mass is 500 g/mol. The van der Waals surface area contributed by atoms with Crippen LogP contribution in [0.1, 0.15) is 25.5 Å². The second kappa shape index (κ2) is 10.0. The minimum absolute atomic E-state index is 0.00199. The highest BCUT2D eigenvalue weighted by molar-refractivity contribution is 8.44. The van der Waals surface area contributed by atoms with Crippen LogP contribution in [0.3, 0.4) is 0 Å². The Morgan fingerprint density at radius 2 is 1.97 bits per heavy atom. The summed E-state index contributed by atoms with van der Waals surface area (Å²) in [5, 5.41) is 0. The molecule has 0 aromatic carbocycles. The van der Waals surface area contributed by atoms with Crippen LogP contribution in [0.15, 0.2) is 17.1 Å². The van der Waals surface area contributed by atoms with Crippen LogP contribution in [-0.2, 0) is 27.7 Å². The Labute approximate surface area is 183 Å². The highest BCUT2D eigenvalue weighted by Gasteiger charge is 2.51. The van der Waals surface area contributed by atoms with Gasteiger partial charge in [-0.1, -0.05) is 18.7 Å². The highest BCUT2D eigenvalue weighted by Crippen LogP contribution is 2.53. The lowest BCUT2D eigenvalue weighted by Crippen LogP contribution is -2.40. The van der Waals surface area contributed by atoms with Crippen molar-refractivity contribution in [3.05, 3.63) is 22.7 Å². The van der Waals surface area contributed by atoms with E-state index >= 15 is 0 Å². The van der Waals surface area contributed by atoms with Crippen molar-refractivity contribution < 1.29 is 37.4 Å². The fourth-order valence-electron chi connectivity index (χ4n) is 3.59. The van der Waals surface area contributed by atoms with E-state index < -0.39 is 51.4 Å². The first-order valence-corrected chi connectivity index (χ1v) is 13.8. The first-order chi connectivity index (χ1) is 14.5. The Bertz CT molecular complexity index is 922. The van der Waals surface area contributed by atoms with Crippen molar-refractivity contribution in [2.75, 3.05) is 32.5 Å². The summed E-state index contributed by atoms with van der Waals surface area (Å²) in [5.74, 6) is 0.00199. The predicted octanol–water partition coefficient (Wildman–Crippen LogP) is 0.756. The lowest BCUT2D eigenvalue weighted by Gasteiger charge is -2.33. The second-order valence-corrected chi connectivity index (χ2v) is 11.7. The summed E-state index contributed by atoms with van der Waals surface area (Å²) in [4.78, 5) is 35.9. The number of piperidine rings is 1. The summed E-state index contributed by atoms with van der Waals surface area (Å²) in [7, 11) is -2.95. The van der Waals surface area contributed by atoms with Crippen LogP contribution in [0.5, 0.6) is 0 Å². The molecule has 4 unspecified atom stereocenters. The molecule has 0 saturated carbocycles. The number of nitrogens with zero attached hydrogens (tertiary/aromatic N) is 3. The van der Waals surface area contributed by atoms with Gasteiger partial charge in [0.05, 0.1) is 6.61 Å². The molecule has 176 valence electrons. The van der Waals surface area contributed by atoms with Gasteiger partial charge in [-0.3, -0.25) is 13.6 Å². The van der Waals surface area contributed by atoms with Crippen LogP contribution < -0.4 is 11.4 Å². The lowest BCUT2D eigenvalue weighted by molar-refractivity contribution is -0.0604. The van der Waals surface area contributed by atoms with Crippen molar-refractivity contribution in [2.24, 2.45) is 0 Å². The number of aromatic nitrogens is 2. The van der Waals surface area contributed by atoms with Gasteiger partial charge in [0.1, 0.15) is 24.1 Å². The molecule has 0 spiro atoms. The van der Waals surface area contributed by atoms with Gasteiger partial charge in [0.25, 0.3) is 0 Å². The molecule has 0 aliphatic carbocycles. The number of nitrogens with two attached hydrogens (primary N) is 1. The number of nitrogen functional groups attached to an aromatic ring is 1. The van der Waals surface area contributed by atoms with E-state index in [2.05, 4.69) is 17.2 Å². The van der Waals surface area contributed by atoms with Gasteiger partial charge < -0.3 is 25.0 Å². The van der Waals surface area contributed by atoms with Crippen molar-refractivity contribution in [1.82, 2.24) is 14.2 Å². The topological polar surface area (TPSA) is 176 Å². The van der Waals surface area contributed by atoms with Crippen LogP contribution >= 0.6 is 26.8 Å². The molecule has 16 heteroatoms. The van der Waals surface area contributed by atoms with Gasteiger partial charge in [0.2, 0.25) is 0 Å². The van der Waals surface area contributed by atoms with Gasteiger partial charge >= 0.3 is 20.2 Å². The van der Waals surface area contributed by atoms with Crippen molar-refractivity contribution in [3.63, 3.8) is 0 Å². The summed E-state index contributed by atoms with van der Waals surface area (Å²) >= 11 is 3.46. The number of rotatable bonds is 8. The number of ether oxygens (including phenoxy) is 2. The van der Waals surface area contributed by atoms with Crippen LogP contribution in [0.25, 0.3) is 0 Å². The number of anilines is 1. The Morgan fingerprint density at radius 3 is 2.55 bits per heavy atom. The molecule has 2 aliphatic heterocycles. The standard InChI is InChI=1S/C15H26N4O9P2S/c1-25-13-12(28-29(21,22)18-6-3-2-4-7-18)10(9-26-30(23,24)31)27-14(13)19-8-5-11(16)17-15(19)20/h5,8,10,12-14H,2-4,6-7,9H2,1H3,(H,21,22)(H2,16,17,20)(H2,23,24,31)/t10-,12?,13?,14-/m1/s1. The average molecular weight is 500 g/mol. The molecule has 31 heavy (non-hydrogen) atoms. The third-order valence-electron chi connectivity index (χ3n) is 5.04. The van der Waals surface area contributed by atoms with Crippen LogP contribution in [0, 0.1) is 0 Å². The maximum Gasteiger partial charge on any atom is 0.406 e. The molecule has 3 heterocycles. The molecule has 1 aromatic rings. The molecule has 2 saturated heterocycles. The average Bonchev–Trinajstić information content (AvgIpc) is 3.03. The van der Waals surface area contributed by atoms with Gasteiger partial charge in [-0.2, -0.15) is 4.98 Å². The van der Waals surface area contributed by atoms with E-state index in [1.54, 1.807) is 0 Å². The Balaban J connectivity index is 1.90. The molecule has 3 rings (SSSR count). The third-order valence-corrected chi connectivity index (χ3v) is 7.50. The third kappa shape index (κ3) is 6.17. The van der Waals surface area contributed by atoms with Gasteiger partial charge in [-0.25, -0.2) is 18.6 Å². The fourth-order valence-corrected chi connectivity index (χ4v) is 5.63. The SMILES string of the molecule is COC1C(OP(=O)(O)N2CCCCC2)[C@@H](COP(=O)(O)S)O[C@H]1n1ccc(N)nc1=O. The fraction of sp³-hybridized carbons (Fsp3) is 0.733. The summed E-state index contributed by atoms with van der Waals surface area (Å²) in [6.45, 7) is -3.92. The van der Waals surface area contributed by atoms with Crippen LogP contribution in [-0.4, -0.2) is 69.1 Å². The Kier molecular flexibility index (Phi) is 8.02. The van der Waals surface area contributed by atoms with E-state index in [-0.39, 0.29) is 5.82 Å². The van der Waals surface area contributed by atoms with E-state index in [0.29, 0.717) is 13.1 Å². The number of thiol groups is 1. The number of methoxy groups -OCH3 is 1. The van der Waals surface area contributed by atoms with E-state index in [9.17, 15) is 23.7 Å². The zero-order chi connectivity index (χ0) is 22.8. The predicted molar refractivity (Wildman–Crippen MR) is 113 cm³/mol. The molecular formula is C15H26N4O9P2S. The molecular weight excluding hydrogens is 474 g/mol. The van der Waals surface area contributed by atoms with E-state index in [1.807, 2.05) is 0 Å². The zero-order valence-corrected chi connectivity index (χ0v) is 19.4. The maximum atomic E-state index is 13.0. The van der Waals surface area contributed by atoms with Gasteiger partial charge in [-0.15, -0.1) is 0 Å². The quantitative estimate of drug-likeness (QED) is 0.292. The Hall–Kier alpha value is -0.790. The van der Waals surface area contributed by atoms with Crippen LogP contribution in [0.2, 0.25) is 0 Å². The zero-order valence-electron chi connectivity index (χ0n) is 16.7. The molecule has 0 radical (unpaired) electrons. The van der Waals surface area contributed by atoms with E-state index in [1.165, 1.54) is 24.0 Å². The van der Waals surface area contributed by atoms with Crippen LogP contribution in [0.4, 0.5) is 5.82 Å². The van der Waals surface area contributed by atoms with Gasteiger partial charge in [0, 0.05) is 26.4 Å². The van der Waals surface area contributed by atoms with Crippen molar-refractivity contribution in [2.45, 2.75) is 43.8 Å². The lowest BCUT2D eigenvalue weighted by atomic mass is 10.1.